The van der Waals surface area contributed by atoms with Crippen LogP contribution in [0, 0.1) is 0 Å². The van der Waals surface area contributed by atoms with Crippen molar-refractivity contribution in [3.63, 3.8) is 0 Å². The first-order valence-electron chi connectivity index (χ1n) is 6.14. The number of nitrogens with zero attached hydrogens (tertiary/aromatic N) is 4. The van der Waals surface area contributed by atoms with Crippen molar-refractivity contribution in [1.82, 2.24) is 19.9 Å². The molecule has 3 rings (SSSR count). The second-order valence-electron chi connectivity index (χ2n) is 4.35. The topological polar surface area (TPSA) is 57.7 Å². The van der Waals surface area contributed by atoms with E-state index < -0.39 is 0 Å². The zero-order valence-electron chi connectivity index (χ0n) is 9.98. The van der Waals surface area contributed by atoms with Gasteiger partial charge < -0.3 is 9.88 Å². The van der Waals surface area contributed by atoms with Crippen LogP contribution in [-0.2, 0) is 0 Å². The number of aromatic amines is 1. The molecule has 6 heteroatoms. The molecule has 0 aliphatic carbocycles. The van der Waals surface area contributed by atoms with Gasteiger partial charge in [-0.2, -0.15) is 4.98 Å². The third-order valence-electron chi connectivity index (χ3n) is 3.21. The Morgan fingerprint density at radius 3 is 2.82 bits per heavy atom. The summed E-state index contributed by atoms with van der Waals surface area (Å²) >= 11 is 0. The molecule has 0 unspecified atom stereocenters. The Kier molecular flexibility index (Phi) is 2.70. The van der Waals surface area contributed by atoms with Gasteiger partial charge in [0.15, 0.2) is 12.9 Å². The summed E-state index contributed by atoms with van der Waals surface area (Å²) < 4.78 is 0. The predicted octanol–water partition coefficient (Wildman–Crippen LogP) is 0.721. The van der Waals surface area contributed by atoms with Gasteiger partial charge in [-0.1, -0.05) is 6.82 Å². The fourth-order valence-corrected chi connectivity index (χ4v) is 2.29. The number of piperidine rings is 1. The molecule has 1 aliphatic heterocycles. The SMILES string of the molecule is C[B]c1nc(N2CCCCC2)nc2nc[nH]c12. The van der Waals surface area contributed by atoms with Crippen molar-refractivity contribution < 1.29 is 0 Å². The third kappa shape index (κ3) is 1.88. The summed E-state index contributed by atoms with van der Waals surface area (Å²) in [5.74, 6) is 0.817. The van der Waals surface area contributed by atoms with Crippen molar-refractivity contribution >= 4 is 30.0 Å². The van der Waals surface area contributed by atoms with E-state index >= 15 is 0 Å². The molecular weight excluding hydrogens is 213 g/mol. The van der Waals surface area contributed by atoms with Crippen LogP contribution in [0.4, 0.5) is 5.95 Å². The molecular formula is C11H15BN5. The van der Waals surface area contributed by atoms with Crippen LogP contribution in [0.25, 0.3) is 11.2 Å². The minimum atomic E-state index is 0.758. The van der Waals surface area contributed by atoms with Crippen LogP contribution in [0.3, 0.4) is 0 Å². The highest BCUT2D eigenvalue weighted by molar-refractivity contribution is 6.54. The van der Waals surface area contributed by atoms with Gasteiger partial charge in [-0.05, 0) is 19.3 Å². The quantitative estimate of drug-likeness (QED) is 0.769. The maximum atomic E-state index is 4.60. The summed E-state index contributed by atoms with van der Waals surface area (Å²) in [5.41, 5.74) is 2.62. The summed E-state index contributed by atoms with van der Waals surface area (Å²) in [6.07, 6.45) is 5.44. The lowest BCUT2D eigenvalue weighted by Crippen LogP contribution is -2.33. The van der Waals surface area contributed by atoms with Gasteiger partial charge in [0, 0.05) is 18.7 Å². The number of H-pyrrole nitrogens is 1. The highest BCUT2D eigenvalue weighted by Crippen LogP contribution is 2.16. The largest absolute Gasteiger partial charge is 0.342 e. The first-order valence-corrected chi connectivity index (χ1v) is 6.14. The number of fused-ring (bicyclic) bond motifs is 1. The Hall–Kier alpha value is -1.59. The molecule has 0 spiro atoms. The van der Waals surface area contributed by atoms with Crippen molar-refractivity contribution in [3.05, 3.63) is 6.33 Å². The average molecular weight is 228 g/mol. The first kappa shape index (κ1) is 10.6. The zero-order chi connectivity index (χ0) is 11.7. The smallest absolute Gasteiger partial charge is 0.226 e. The van der Waals surface area contributed by atoms with E-state index in [1.165, 1.54) is 19.3 Å². The average Bonchev–Trinajstić information content (AvgIpc) is 2.86. The van der Waals surface area contributed by atoms with E-state index in [0.717, 1.165) is 35.8 Å². The highest BCUT2D eigenvalue weighted by atomic mass is 15.3. The van der Waals surface area contributed by atoms with E-state index in [1.54, 1.807) is 6.33 Å². The number of hydrogen-bond donors (Lipinski definition) is 1. The molecule has 0 saturated carbocycles. The van der Waals surface area contributed by atoms with Gasteiger partial charge >= 0.3 is 0 Å². The molecule has 3 heterocycles. The number of imidazole rings is 1. The number of rotatable bonds is 2. The van der Waals surface area contributed by atoms with Crippen LogP contribution in [0.2, 0.25) is 6.82 Å². The van der Waals surface area contributed by atoms with Crippen molar-refractivity contribution in [3.8, 4) is 0 Å². The van der Waals surface area contributed by atoms with Crippen LogP contribution >= 0.6 is 0 Å². The van der Waals surface area contributed by atoms with E-state index in [2.05, 4.69) is 24.8 Å². The molecule has 0 amide bonds. The van der Waals surface area contributed by atoms with Gasteiger partial charge in [-0.3, -0.25) is 0 Å². The van der Waals surface area contributed by atoms with Gasteiger partial charge in [-0.25, -0.2) is 9.97 Å². The van der Waals surface area contributed by atoms with Crippen LogP contribution in [-0.4, -0.2) is 40.3 Å². The molecule has 87 valence electrons. The Morgan fingerprint density at radius 1 is 1.24 bits per heavy atom. The Bertz CT molecular complexity index is 518. The van der Waals surface area contributed by atoms with E-state index in [-0.39, 0.29) is 0 Å². The Morgan fingerprint density at radius 2 is 2.06 bits per heavy atom. The van der Waals surface area contributed by atoms with Crippen molar-refractivity contribution in [1.29, 1.82) is 0 Å². The van der Waals surface area contributed by atoms with Gasteiger partial charge in [0.25, 0.3) is 0 Å². The molecule has 0 atom stereocenters. The van der Waals surface area contributed by atoms with Crippen molar-refractivity contribution in [2.45, 2.75) is 26.1 Å². The number of nitrogens with one attached hydrogen (secondary N) is 1. The standard InChI is InChI=1S/C11H15BN5/c1-12-9-8-10(14-7-13-8)16-11(15-9)17-5-3-2-4-6-17/h7H,2-6H2,1H3,(H,13,14,15,16). The summed E-state index contributed by atoms with van der Waals surface area (Å²) in [5, 5.41) is 0. The second-order valence-corrected chi connectivity index (χ2v) is 4.35. The fraction of sp³-hybridized carbons (Fsp3) is 0.545. The molecule has 1 fully saturated rings. The lowest BCUT2D eigenvalue weighted by molar-refractivity contribution is 0.569. The van der Waals surface area contributed by atoms with Crippen molar-refractivity contribution in [2.75, 3.05) is 18.0 Å². The summed E-state index contributed by atoms with van der Waals surface area (Å²) in [7, 11) is 2.00. The predicted molar refractivity (Wildman–Crippen MR) is 69.0 cm³/mol. The van der Waals surface area contributed by atoms with E-state index in [4.69, 9.17) is 0 Å². The van der Waals surface area contributed by atoms with E-state index in [9.17, 15) is 0 Å². The number of aromatic nitrogens is 4. The molecule has 1 aliphatic rings. The van der Waals surface area contributed by atoms with Gasteiger partial charge in [0.2, 0.25) is 5.95 Å². The van der Waals surface area contributed by atoms with Crippen LogP contribution in [0.5, 0.6) is 0 Å². The Labute approximate surface area is 101 Å². The first-order chi connectivity index (χ1) is 8.38. The van der Waals surface area contributed by atoms with Crippen molar-refractivity contribution in [2.24, 2.45) is 0 Å². The minimum absolute atomic E-state index is 0.758. The lowest BCUT2D eigenvalue weighted by Gasteiger charge is -2.26. The lowest BCUT2D eigenvalue weighted by atomic mass is 9.77. The maximum absolute atomic E-state index is 4.60. The van der Waals surface area contributed by atoms with Crippen LogP contribution in [0.15, 0.2) is 6.33 Å². The van der Waals surface area contributed by atoms with E-state index in [0.29, 0.717) is 0 Å². The molecule has 2 aromatic rings. The van der Waals surface area contributed by atoms with Gasteiger partial charge in [0.1, 0.15) is 0 Å². The summed E-state index contributed by atoms with van der Waals surface area (Å²) in [6, 6.07) is 0. The van der Waals surface area contributed by atoms with Crippen LogP contribution < -0.4 is 10.5 Å². The highest BCUT2D eigenvalue weighted by Gasteiger charge is 2.16. The molecule has 0 bridgehead atoms. The summed E-state index contributed by atoms with van der Waals surface area (Å²) in [4.78, 5) is 18.7. The number of anilines is 1. The molecule has 17 heavy (non-hydrogen) atoms. The van der Waals surface area contributed by atoms with Gasteiger partial charge in [-0.15, -0.1) is 0 Å². The number of hydrogen-bond acceptors (Lipinski definition) is 4. The summed E-state index contributed by atoms with van der Waals surface area (Å²) in [6.45, 7) is 4.10. The monoisotopic (exact) mass is 228 g/mol. The van der Waals surface area contributed by atoms with E-state index in [1.807, 2.05) is 14.1 Å². The molecule has 2 aromatic heterocycles. The zero-order valence-corrected chi connectivity index (χ0v) is 9.98. The maximum Gasteiger partial charge on any atom is 0.226 e. The minimum Gasteiger partial charge on any atom is -0.342 e. The fourth-order valence-electron chi connectivity index (χ4n) is 2.29. The van der Waals surface area contributed by atoms with Gasteiger partial charge in [0.05, 0.1) is 11.8 Å². The molecule has 1 radical (unpaired) electrons. The second kappa shape index (κ2) is 4.35. The molecule has 1 saturated heterocycles. The molecule has 0 aromatic carbocycles. The van der Waals surface area contributed by atoms with Crippen LogP contribution in [0.1, 0.15) is 19.3 Å². The Balaban J connectivity index is 2.03. The normalized spacial score (nSPS) is 16.4. The third-order valence-corrected chi connectivity index (χ3v) is 3.21. The molecule has 1 N–H and O–H groups in total. The molecule has 5 nitrogen and oxygen atoms in total.